The van der Waals surface area contributed by atoms with Crippen LogP contribution in [0.1, 0.15) is 25.5 Å². The number of ether oxygens (including phenoxy) is 1. The van der Waals surface area contributed by atoms with E-state index < -0.39 is 0 Å². The molecule has 1 amide bonds. The van der Waals surface area contributed by atoms with Gasteiger partial charge in [0.2, 0.25) is 0 Å². The van der Waals surface area contributed by atoms with Crippen molar-refractivity contribution < 1.29 is 13.9 Å². The SMILES string of the molecule is CCOC(=O)N1CCC(N2CSC(=S)N(Cc3ccco3)C2)CC1. The first-order valence-corrected chi connectivity index (χ1v) is 9.66. The molecular formula is C16H23N3O3S2. The summed E-state index contributed by atoms with van der Waals surface area (Å²) >= 11 is 7.19. The number of amides is 1. The van der Waals surface area contributed by atoms with Gasteiger partial charge in [0.15, 0.2) is 0 Å². The molecule has 0 aliphatic carbocycles. The monoisotopic (exact) mass is 369 g/mol. The van der Waals surface area contributed by atoms with Crippen LogP contribution >= 0.6 is 24.0 Å². The Balaban J connectivity index is 1.52. The number of hydrogen-bond acceptors (Lipinski definition) is 6. The van der Waals surface area contributed by atoms with Gasteiger partial charge in [0.05, 0.1) is 32.0 Å². The predicted molar refractivity (Wildman–Crippen MR) is 97.6 cm³/mol. The maximum atomic E-state index is 11.8. The van der Waals surface area contributed by atoms with Crippen LogP contribution in [0.4, 0.5) is 4.79 Å². The first-order chi connectivity index (χ1) is 11.7. The number of carbonyl (C=O) groups excluding carboxylic acids is 1. The van der Waals surface area contributed by atoms with E-state index in [1.165, 1.54) is 0 Å². The summed E-state index contributed by atoms with van der Waals surface area (Å²) in [7, 11) is 0. The Labute approximate surface area is 152 Å². The Kier molecular flexibility index (Phi) is 6.02. The van der Waals surface area contributed by atoms with Crippen LogP contribution in [0.25, 0.3) is 0 Å². The molecule has 24 heavy (non-hydrogen) atoms. The summed E-state index contributed by atoms with van der Waals surface area (Å²) in [5.41, 5.74) is 0. The number of rotatable bonds is 4. The van der Waals surface area contributed by atoms with Crippen LogP contribution in [0.2, 0.25) is 0 Å². The molecule has 0 bridgehead atoms. The van der Waals surface area contributed by atoms with E-state index in [0.29, 0.717) is 19.2 Å². The molecule has 2 saturated heterocycles. The van der Waals surface area contributed by atoms with Crippen molar-refractivity contribution in [2.24, 2.45) is 0 Å². The van der Waals surface area contributed by atoms with Crippen molar-refractivity contribution in [1.29, 1.82) is 0 Å². The van der Waals surface area contributed by atoms with Gasteiger partial charge in [0, 0.05) is 19.1 Å². The molecular weight excluding hydrogens is 346 g/mol. The van der Waals surface area contributed by atoms with Gasteiger partial charge >= 0.3 is 6.09 Å². The lowest BCUT2D eigenvalue weighted by molar-refractivity contribution is 0.0673. The molecule has 0 unspecified atom stereocenters. The molecule has 8 heteroatoms. The summed E-state index contributed by atoms with van der Waals surface area (Å²) in [6.07, 6.45) is 3.45. The average molecular weight is 370 g/mol. The van der Waals surface area contributed by atoms with Gasteiger partial charge in [-0.15, -0.1) is 0 Å². The number of carbonyl (C=O) groups is 1. The number of thioether (sulfide) groups is 1. The van der Waals surface area contributed by atoms with Gasteiger partial charge in [-0.1, -0.05) is 24.0 Å². The van der Waals surface area contributed by atoms with Crippen LogP contribution in [-0.2, 0) is 11.3 Å². The minimum absolute atomic E-state index is 0.190. The van der Waals surface area contributed by atoms with E-state index in [1.807, 2.05) is 24.0 Å². The summed E-state index contributed by atoms with van der Waals surface area (Å²) in [5.74, 6) is 1.84. The quantitative estimate of drug-likeness (QED) is 0.756. The normalized spacial score (nSPS) is 20.5. The molecule has 0 saturated carbocycles. The van der Waals surface area contributed by atoms with Crippen molar-refractivity contribution >= 4 is 34.4 Å². The highest BCUT2D eigenvalue weighted by Crippen LogP contribution is 2.26. The van der Waals surface area contributed by atoms with E-state index in [4.69, 9.17) is 21.4 Å². The van der Waals surface area contributed by atoms with Crippen LogP contribution in [0, 0.1) is 0 Å². The van der Waals surface area contributed by atoms with Crippen molar-refractivity contribution in [2.45, 2.75) is 32.4 Å². The lowest BCUT2D eigenvalue weighted by Gasteiger charge is -2.43. The van der Waals surface area contributed by atoms with Gasteiger partial charge in [0.1, 0.15) is 10.1 Å². The second-order valence-corrected chi connectivity index (χ2v) is 7.54. The number of nitrogens with zero attached hydrogens (tertiary/aromatic N) is 3. The molecule has 1 aromatic rings. The Bertz CT molecular complexity index is 559. The Morgan fingerprint density at radius 2 is 2.25 bits per heavy atom. The summed E-state index contributed by atoms with van der Waals surface area (Å²) in [6.45, 7) is 5.31. The zero-order valence-corrected chi connectivity index (χ0v) is 15.5. The molecule has 2 aliphatic heterocycles. The molecule has 0 N–H and O–H groups in total. The van der Waals surface area contributed by atoms with Crippen molar-refractivity contribution in [1.82, 2.24) is 14.7 Å². The molecule has 1 aromatic heterocycles. The topological polar surface area (TPSA) is 49.2 Å². The van der Waals surface area contributed by atoms with Crippen molar-refractivity contribution in [3.63, 3.8) is 0 Å². The van der Waals surface area contributed by atoms with Gasteiger partial charge in [-0.2, -0.15) is 0 Å². The number of hydrogen-bond donors (Lipinski definition) is 0. The van der Waals surface area contributed by atoms with Gasteiger partial charge in [-0.3, -0.25) is 4.90 Å². The lowest BCUT2D eigenvalue weighted by Crippen LogP contribution is -2.52. The number of piperidine rings is 1. The zero-order chi connectivity index (χ0) is 16.9. The van der Waals surface area contributed by atoms with Crippen molar-refractivity contribution in [3.8, 4) is 0 Å². The van der Waals surface area contributed by atoms with Crippen molar-refractivity contribution in [2.75, 3.05) is 32.2 Å². The Hall–Kier alpha value is -1.25. The highest BCUT2D eigenvalue weighted by atomic mass is 32.2. The fourth-order valence-electron chi connectivity index (χ4n) is 3.10. The number of furan rings is 1. The number of thiocarbonyl (C=S) groups is 1. The van der Waals surface area contributed by atoms with Crippen LogP contribution in [-0.4, -0.2) is 63.4 Å². The number of likely N-dealkylation sites (tertiary alicyclic amines) is 1. The molecule has 2 fully saturated rings. The molecule has 0 spiro atoms. The second kappa shape index (κ2) is 8.22. The first-order valence-electron chi connectivity index (χ1n) is 8.27. The Morgan fingerprint density at radius 3 is 2.92 bits per heavy atom. The summed E-state index contributed by atoms with van der Waals surface area (Å²) in [6, 6.07) is 4.35. The summed E-state index contributed by atoms with van der Waals surface area (Å²) < 4.78 is 11.4. The van der Waals surface area contributed by atoms with Gasteiger partial charge in [-0.25, -0.2) is 4.79 Å². The molecule has 0 radical (unpaired) electrons. The van der Waals surface area contributed by atoms with E-state index in [-0.39, 0.29) is 6.09 Å². The summed E-state index contributed by atoms with van der Waals surface area (Å²) in [5, 5.41) is 0. The molecule has 3 rings (SSSR count). The van der Waals surface area contributed by atoms with E-state index in [9.17, 15) is 4.79 Å². The third-order valence-corrected chi connectivity index (χ3v) is 5.98. The molecule has 132 valence electrons. The average Bonchev–Trinajstić information content (AvgIpc) is 3.10. The predicted octanol–water partition coefficient (Wildman–Crippen LogP) is 2.95. The van der Waals surface area contributed by atoms with Crippen LogP contribution in [0.5, 0.6) is 0 Å². The smallest absolute Gasteiger partial charge is 0.409 e. The molecule has 2 aliphatic rings. The highest BCUT2D eigenvalue weighted by Gasteiger charge is 2.31. The standard InChI is InChI=1S/C16H23N3O3S2/c1-2-21-15(20)17-7-5-13(6-8-17)19-11-18(16(23)24-12-19)10-14-4-3-9-22-14/h3-4,9,13H,2,5-8,10-12H2,1H3. The van der Waals surface area contributed by atoms with Gasteiger partial charge < -0.3 is 19.0 Å². The van der Waals surface area contributed by atoms with Crippen LogP contribution < -0.4 is 0 Å². The maximum absolute atomic E-state index is 11.8. The third-order valence-electron chi connectivity index (χ3n) is 4.40. The van der Waals surface area contributed by atoms with E-state index in [1.54, 1.807) is 18.0 Å². The van der Waals surface area contributed by atoms with Crippen LogP contribution in [0.3, 0.4) is 0 Å². The first kappa shape index (κ1) is 17.6. The maximum Gasteiger partial charge on any atom is 0.409 e. The zero-order valence-electron chi connectivity index (χ0n) is 13.8. The molecule has 6 nitrogen and oxygen atoms in total. The van der Waals surface area contributed by atoms with E-state index >= 15 is 0 Å². The van der Waals surface area contributed by atoms with E-state index in [0.717, 1.165) is 48.6 Å². The molecule has 0 aromatic carbocycles. The highest BCUT2D eigenvalue weighted by molar-refractivity contribution is 8.22. The van der Waals surface area contributed by atoms with Gasteiger partial charge in [0.25, 0.3) is 0 Å². The van der Waals surface area contributed by atoms with E-state index in [2.05, 4.69) is 9.80 Å². The Morgan fingerprint density at radius 1 is 1.46 bits per heavy atom. The third kappa shape index (κ3) is 4.23. The lowest BCUT2D eigenvalue weighted by atomic mass is 10.0. The largest absolute Gasteiger partial charge is 0.467 e. The fourth-order valence-corrected chi connectivity index (χ4v) is 4.26. The minimum Gasteiger partial charge on any atom is -0.467 e. The fraction of sp³-hybridized carbons (Fsp3) is 0.625. The second-order valence-electron chi connectivity index (χ2n) is 5.96. The minimum atomic E-state index is -0.190. The molecule has 3 heterocycles. The van der Waals surface area contributed by atoms with Crippen LogP contribution in [0.15, 0.2) is 22.8 Å². The molecule has 0 atom stereocenters. The van der Waals surface area contributed by atoms with Gasteiger partial charge in [-0.05, 0) is 31.9 Å². The summed E-state index contributed by atoms with van der Waals surface area (Å²) in [4.78, 5) is 18.2. The van der Waals surface area contributed by atoms with Crippen molar-refractivity contribution in [3.05, 3.63) is 24.2 Å².